The molecule has 6 nitrogen and oxygen atoms in total. The number of halogens is 5. The van der Waals surface area contributed by atoms with Gasteiger partial charge in [0.05, 0.1) is 17.6 Å². The van der Waals surface area contributed by atoms with Crippen LogP contribution >= 0.6 is 63.0 Å². The van der Waals surface area contributed by atoms with E-state index in [-0.39, 0.29) is 11.7 Å². The molecule has 0 fully saturated rings. The Bertz CT molecular complexity index is 1280. The van der Waals surface area contributed by atoms with Gasteiger partial charge in [0.1, 0.15) is 5.82 Å². The van der Waals surface area contributed by atoms with Gasteiger partial charge in [0.25, 0.3) is 0 Å². The molecule has 170 valence electrons. The molecular formula is C21H15BrCl3FN6S. The Kier molecular flexibility index (Phi) is 7.55. The summed E-state index contributed by atoms with van der Waals surface area (Å²) in [7, 11) is 0. The molecule has 0 spiro atoms. The Hall–Kier alpha value is -2.17. The fourth-order valence-electron chi connectivity index (χ4n) is 3.03. The summed E-state index contributed by atoms with van der Waals surface area (Å²) in [5.74, 6) is 0.598. The molecule has 2 aromatic carbocycles. The highest BCUT2D eigenvalue weighted by Gasteiger charge is 2.13. The Morgan fingerprint density at radius 1 is 0.909 bits per heavy atom. The Morgan fingerprint density at radius 3 is 2.24 bits per heavy atom. The minimum absolute atomic E-state index is 0.168. The van der Waals surface area contributed by atoms with E-state index in [1.807, 2.05) is 0 Å². The van der Waals surface area contributed by atoms with Gasteiger partial charge in [-0.3, -0.25) is 9.36 Å². The molecule has 0 unspecified atom stereocenters. The SMILES string of the molecule is Fc1cccc(Cl)c1Cn1cc(Br)c(NC(=S)Nc2ccn(Cc3c(Cl)cccc3Cl)n2)n1. The van der Waals surface area contributed by atoms with E-state index >= 15 is 0 Å². The van der Waals surface area contributed by atoms with Crippen LogP contribution in [0.25, 0.3) is 0 Å². The first-order valence-corrected chi connectivity index (χ1v) is 11.8. The summed E-state index contributed by atoms with van der Waals surface area (Å²) in [6.07, 6.45) is 3.49. The van der Waals surface area contributed by atoms with Crippen molar-refractivity contribution < 1.29 is 4.39 Å². The van der Waals surface area contributed by atoms with Crippen molar-refractivity contribution in [1.82, 2.24) is 19.6 Å². The lowest BCUT2D eigenvalue weighted by atomic mass is 10.2. The number of nitrogens with one attached hydrogen (secondary N) is 2. The predicted molar refractivity (Wildman–Crippen MR) is 138 cm³/mol. The summed E-state index contributed by atoms with van der Waals surface area (Å²) in [6.45, 7) is 0.579. The van der Waals surface area contributed by atoms with Gasteiger partial charge < -0.3 is 10.6 Å². The largest absolute Gasteiger partial charge is 0.316 e. The molecule has 0 aliphatic rings. The molecule has 0 bridgehead atoms. The van der Waals surface area contributed by atoms with Gasteiger partial charge in [-0.05, 0) is 52.4 Å². The third-order valence-electron chi connectivity index (χ3n) is 4.59. The van der Waals surface area contributed by atoms with Crippen LogP contribution in [0.15, 0.2) is 59.3 Å². The van der Waals surface area contributed by atoms with E-state index in [4.69, 9.17) is 47.0 Å². The average molecular weight is 589 g/mol. The van der Waals surface area contributed by atoms with Crippen LogP contribution in [0.2, 0.25) is 15.1 Å². The quantitative estimate of drug-likeness (QED) is 0.242. The number of rotatable bonds is 6. The zero-order valence-corrected chi connectivity index (χ0v) is 21.4. The number of thiocarbonyl (C=S) groups is 1. The van der Waals surface area contributed by atoms with Gasteiger partial charge in [-0.25, -0.2) is 4.39 Å². The molecule has 2 heterocycles. The fraction of sp³-hybridized carbons (Fsp3) is 0.0952. The molecular weight excluding hydrogens is 574 g/mol. The number of nitrogens with zero attached hydrogens (tertiary/aromatic N) is 4. The monoisotopic (exact) mass is 586 g/mol. The summed E-state index contributed by atoms with van der Waals surface area (Å²) < 4.78 is 18.0. The van der Waals surface area contributed by atoms with Crippen LogP contribution in [-0.4, -0.2) is 24.7 Å². The third kappa shape index (κ3) is 5.85. The highest BCUT2D eigenvalue weighted by molar-refractivity contribution is 9.10. The number of hydrogen-bond donors (Lipinski definition) is 2. The molecule has 0 atom stereocenters. The van der Waals surface area contributed by atoms with Crippen LogP contribution in [0, 0.1) is 5.82 Å². The van der Waals surface area contributed by atoms with Crippen LogP contribution in [0.1, 0.15) is 11.1 Å². The molecule has 0 saturated carbocycles. The lowest BCUT2D eigenvalue weighted by molar-refractivity contribution is 0.586. The van der Waals surface area contributed by atoms with Gasteiger partial charge in [-0.2, -0.15) is 10.2 Å². The van der Waals surface area contributed by atoms with Gasteiger partial charge in [0.15, 0.2) is 16.7 Å². The van der Waals surface area contributed by atoms with Crippen molar-refractivity contribution in [3.8, 4) is 0 Å². The lowest BCUT2D eigenvalue weighted by Crippen LogP contribution is -2.20. The van der Waals surface area contributed by atoms with Crippen LogP contribution in [-0.2, 0) is 13.1 Å². The van der Waals surface area contributed by atoms with E-state index in [2.05, 4.69) is 36.8 Å². The summed E-state index contributed by atoms with van der Waals surface area (Å²) in [5, 5.41) is 16.6. The average Bonchev–Trinajstić information content (AvgIpc) is 3.33. The van der Waals surface area contributed by atoms with Crippen molar-refractivity contribution >= 4 is 79.7 Å². The highest BCUT2D eigenvalue weighted by Crippen LogP contribution is 2.26. The van der Waals surface area contributed by atoms with Crippen LogP contribution < -0.4 is 10.6 Å². The first-order valence-electron chi connectivity index (χ1n) is 9.50. The van der Waals surface area contributed by atoms with E-state index in [9.17, 15) is 4.39 Å². The van der Waals surface area contributed by atoms with Gasteiger partial charge in [-0.15, -0.1) is 0 Å². The second kappa shape index (κ2) is 10.4. The molecule has 2 aromatic heterocycles. The van der Waals surface area contributed by atoms with Crippen LogP contribution in [0.5, 0.6) is 0 Å². The summed E-state index contributed by atoms with van der Waals surface area (Å²) >= 11 is 27.4. The zero-order valence-electron chi connectivity index (χ0n) is 16.7. The van der Waals surface area contributed by atoms with Crippen molar-refractivity contribution in [2.75, 3.05) is 10.6 Å². The van der Waals surface area contributed by atoms with E-state index in [0.29, 0.717) is 43.3 Å². The van der Waals surface area contributed by atoms with Crippen LogP contribution in [0.4, 0.5) is 16.0 Å². The number of anilines is 2. The first kappa shape index (κ1) is 24.0. The maximum atomic E-state index is 14.1. The summed E-state index contributed by atoms with van der Waals surface area (Å²) in [6, 6.07) is 11.7. The summed E-state index contributed by atoms with van der Waals surface area (Å²) in [4.78, 5) is 0. The summed E-state index contributed by atoms with van der Waals surface area (Å²) in [5.41, 5.74) is 1.13. The van der Waals surface area contributed by atoms with Crippen LogP contribution in [0.3, 0.4) is 0 Å². The molecule has 4 aromatic rings. The standard InChI is InChI=1S/C21H15BrCl3FN6S/c22-14-11-32(10-13-17(25)5-2-6-18(13)26)30-20(14)28-21(33)27-19-7-8-31(29-19)9-12-15(23)3-1-4-16(12)24/h1-8,11H,9-10H2,(H2,27,28,29,30,33). The number of aromatic nitrogens is 4. The molecule has 4 rings (SSSR count). The normalized spacial score (nSPS) is 10.9. The number of hydrogen-bond acceptors (Lipinski definition) is 3. The van der Waals surface area contributed by atoms with E-state index < -0.39 is 5.82 Å². The molecule has 0 amide bonds. The van der Waals surface area contributed by atoms with E-state index in [1.165, 1.54) is 6.07 Å². The molecule has 2 N–H and O–H groups in total. The fourth-order valence-corrected chi connectivity index (χ4v) is 4.38. The van der Waals surface area contributed by atoms with E-state index in [0.717, 1.165) is 5.56 Å². The molecule has 0 saturated heterocycles. The van der Waals surface area contributed by atoms with Crippen molar-refractivity contribution in [3.63, 3.8) is 0 Å². The maximum absolute atomic E-state index is 14.1. The van der Waals surface area contributed by atoms with Crippen molar-refractivity contribution in [3.05, 3.63) is 91.3 Å². The molecule has 33 heavy (non-hydrogen) atoms. The van der Waals surface area contributed by atoms with Gasteiger partial charge in [0, 0.05) is 44.7 Å². The zero-order chi connectivity index (χ0) is 23.5. The highest BCUT2D eigenvalue weighted by atomic mass is 79.9. The predicted octanol–water partition coefficient (Wildman–Crippen LogP) is 6.85. The minimum Gasteiger partial charge on any atom is -0.316 e. The molecule has 0 aliphatic heterocycles. The Morgan fingerprint density at radius 2 is 1.55 bits per heavy atom. The smallest absolute Gasteiger partial charge is 0.177 e. The first-order chi connectivity index (χ1) is 15.8. The molecule has 12 heteroatoms. The second-order valence-corrected chi connectivity index (χ2v) is 9.39. The van der Waals surface area contributed by atoms with Gasteiger partial charge >= 0.3 is 0 Å². The Balaban J connectivity index is 1.40. The van der Waals surface area contributed by atoms with E-state index in [1.54, 1.807) is 58.2 Å². The molecule has 0 aliphatic carbocycles. The maximum Gasteiger partial charge on any atom is 0.177 e. The second-order valence-electron chi connectivity index (χ2n) is 6.90. The topological polar surface area (TPSA) is 59.7 Å². The third-order valence-corrected chi connectivity index (χ3v) is 6.44. The van der Waals surface area contributed by atoms with Crippen molar-refractivity contribution in [1.29, 1.82) is 0 Å². The van der Waals surface area contributed by atoms with Gasteiger partial charge in [-0.1, -0.05) is 46.9 Å². The van der Waals surface area contributed by atoms with Gasteiger partial charge in [0.2, 0.25) is 0 Å². The van der Waals surface area contributed by atoms with Crippen molar-refractivity contribution in [2.45, 2.75) is 13.1 Å². The lowest BCUT2D eigenvalue weighted by Gasteiger charge is -2.08. The Labute approximate surface area is 217 Å². The molecule has 0 radical (unpaired) electrons. The van der Waals surface area contributed by atoms with Crippen molar-refractivity contribution in [2.24, 2.45) is 0 Å². The number of benzene rings is 2. The minimum atomic E-state index is -0.394.